The molecule has 0 radical (unpaired) electrons. The van der Waals surface area contributed by atoms with E-state index in [0.717, 1.165) is 48.8 Å². The molecule has 1 atom stereocenters. The smallest absolute Gasteiger partial charge is 0.233 e. The summed E-state index contributed by atoms with van der Waals surface area (Å²) < 4.78 is 11.4. The Labute approximate surface area is 184 Å². The summed E-state index contributed by atoms with van der Waals surface area (Å²) in [4.78, 5) is 15.9. The van der Waals surface area contributed by atoms with Gasteiger partial charge in [0.15, 0.2) is 0 Å². The van der Waals surface area contributed by atoms with Gasteiger partial charge in [0.25, 0.3) is 0 Å². The van der Waals surface area contributed by atoms with Gasteiger partial charge in [-0.15, -0.1) is 11.8 Å². The predicted molar refractivity (Wildman–Crippen MR) is 122 cm³/mol. The van der Waals surface area contributed by atoms with Gasteiger partial charge in [0, 0.05) is 37.2 Å². The van der Waals surface area contributed by atoms with Crippen LogP contribution in [0.25, 0.3) is 0 Å². The van der Waals surface area contributed by atoms with Crippen LogP contribution in [0.15, 0.2) is 59.5 Å². The number of benzene rings is 2. The van der Waals surface area contributed by atoms with Crippen LogP contribution in [0.3, 0.4) is 0 Å². The molecule has 1 N–H and O–H groups in total. The van der Waals surface area contributed by atoms with Crippen LogP contribution >= 0.6 is 11.8 Å². The molecular formula is C24H32N2O3S. The number of likely N-dealkylation sites (N-methyl/N-ethyl adjacent to an activating group) is 1. The average molecular weight is 429 g/mol. The first-order valence-corrected chi connectivity index (χ1v) is 11.5. The third-order valence-electron chi connectivity index (χ3n) is 5.32. The highest BCUT2D eigenvalue weighted by atomic mass is 32.2. The number of hydrogen-bond donors (Lipinski definition) is 1. The molecule has 0 aromatic heterocycles. The molecule has 162 valence electrons. The lowest BCUT2D eigenvalue weighted by Gasteiger charge is -2.31. The average Bonchev–Trinajstić information content (AvgIpc) is 2.79. The molecule has 1 fully saturated rings. The third-order valence-corrected chi connectivity index (χ3v) is 6.43. The van der Waals surface area contributed by atoms with Gasteiger partial charge in [0.05, 0.1) is 5.25 Å². The SMILES string of the molecule is CC(Sc1ccccc1)C(=O)NCc1cccc(OCCN(C)C2CCOCC2)c1. The van der Waals surface area contributed by atoms with Crippen LogP contribution in [0.1, 0.15) is 25.3 Å². The molecular weight excluding hydrogens is 396 g/mol. The fraction of sp³-hybridized carbons (Fsp3) is 0.458. The number of rotatable bonds is 10. The minimum atomic E-state index is -0.146. The Balaban J connectivity index is 1.40. The topological polar surface area (TPSA) is 50.8 Å². The minimum Gasteiger partial charge on any atom is -0.492 e. The van der Waals surface area contributed by atoms with E-state index < -0.39 is 0 Å². The minimum absolute atomic E-state index is 0.0354. The van der Waals surface area contributed by atoms with Gasteiger partial charge in [-0.3, -0.25) is 9.69 Å². The first-order chi connectivity index (χ1) is 14.6. The van der Waals surface area contributed by atoms with E-state index in [-0.39, 0.29) is 11.2 Å². The molecule has 0 aliphatic carbocycles. The van der Waals surface area contributed by atoms with E-state index in [1.807, 2.05) is 61.5 Å². The fourth-order valence-electron chi connectivity index (χ4n) is 3.45. The van der Waals surface area contributed by atoms with Crippen molar-refractivity contribution in [2.75, 3.05) is 33.4 Å². The number of hydrogen-bond acceptors (Lipinski definition) is 5. The second-order valence-electron chi connectivity index (χ2n) is 7.61. The second kappa shape index (κ2) is 12.0. The summed E-state index contributed by atoms with van der Waals surface area (Å²) in [6.07, 6.45) is 2.18. The van der Waals surface area contributed by atoms with Crippen LogP contribution in [0, 0.1) is 0 Å². The highest BCUT2D eigenvalue weighted by Crippen LogP contribution is 2.23. The molecule has 2 aromatic rings. The molecule has 0 saturated carbocycles. The Morgan fingerprint density at radius 2 is 1.97 bits per heavy atom. The van der Waals surface area contributed by atoms with E-state index in [1.165, 1.54) is 0 Å². The van der Waals surface area contributed by atoms with Crippen LogP contribution in [0.2, 0.25) is 0 Å². The lowest BCUT2D eigenvalue weighted by molar-refractivity contribution is -0.120. The Bertz CT molecular complexity index is 781. The van der Waals surface area contributed by atoms with E-state index in [1.54, 1.807) is 11.8 Å². The van der Waals surface area contributed by atoms with Crippen molar-refractivity contribution in [3.8, 4) is 5.75 Å². The number of carbonyl (C=O) groups excluding carboxylic acids is 1. The zero-order valence-electron chi connectivity index (χ0n) is 17.9. The summed E-state index contributed by atoms with van der Waals surface area (Å²) in [6, 6.07) is 18.5. The standard InChI is InChI=1S/C24H32N2O3S/c1-19(30-23-9-4-3-5-10-23)24(27)25-18-20-7-6-8-22(17-20)29-16-13-26(2)21-11-14-28-15-12-21/h3-10,17,19,21H,11-16,18H2,1-2H3,(H,25,27). The van der Waals surface area contributed by atoms with Crippen molar-refractivity contribution in [3.63, 3.8) is 0 Å². The van der Waals surface area contributed by atoms with Crippen molar-refractivity contribution in [1.82, 2.24) is 10.2 Å². The van der Waals surface area contributed by atoms with Crippen molar-refractivity contribution < 1.29 is 14.3 Å². The van der Waals surface area contributed by atoms with Gasteiger partial charge < -0.3 is 14.8 Å². The van der Waals surface area contributed by atoms with Crippen LogP contribution < -0.4 is 10.1 Å². The van der Waals surface area contributed by atoms with E-state index in [0.29, 0.717) is 19.2 Å². The van der Waals surface area contributed by atoms with Gasteiger partial charge in [-0.05, 0) is 56.6 Å². The normalized spacial score (nSPS) is 15.7. The van der Waals surface area contributed by atoms with E-state index >= 15 is 0 Å². The Hall–Kier alpha value is -2.02. The summed E-state index contributed by atoms with van der Waals surface area (Å²) in [5.41, 5.74) is 1.04. The molecule has 2 aromatic carbocycles. The monoisotopic (exact) mass is 428 g/mol. The molecule has 1 unspecified atom stereocenters. The molecule has 0 spiro atoms. The van der Waals surface area contributed by atoms with Gasteiger partial charge in [0.2, 0.25) is 5.91 Å². The fourth-order valence-corrected chi connectivity index (χ4v) is 4.36. The van der Waals surface area contributed by atoms with Crippen LogP contribution in [-0.2, 0) is 16.1 Å². The van der Waals surface area contributed by atoms with Crippen LogP contribution in [0.4, 0.5) is 0 Å². The maximum atomic E-state index is 12.4. The number of carbonyl (C=O) groups is 1. The lowest BCUT2D eigenvalue weighted by atomic mass is 10.1. The molecule has 5 nitrogen and oxygen atoms in total. The molecule has 1 saturated heterocycles. The Kier molecular flexibility index (Phi) is 9.05. The lowest BCUT2D eigenvalue weighted by Crippen LogP contribution is -2.38. The summed E-state index contributed by atoms with van der Waals surface area (Å²) in [6.45, 7) is 5.67. The van der Waals surface area contributed by atoms with Crippen molar-refractivity contribution in [2.45, 2.75) is 42.5 Å². The molecule has 1 aliphatic heterocycles. The quantitative estimate of drug-likeness (QED) is 0.580. The molecule has 1 aliphatic rings. The van der Waals surface area contributed by atoms with Crippen molar-refractivity contribution in [1.29, 1.82) is 0 Å². The molecule has 6 heteroatoms. The molecule has 3 rings (SSSR count). The van der Waals surface area contributed by atoms with Crippen molar-refractivity contribution in [3.05, 3.63) is 60.2 Å². The van der Waals surface area contributed by atoms with Gasteiger partial charge in [0.1, 0.15) is 12.4 Å². The van der Waals surface area contributed by atoms with Crippen LogP contribution in [0.5, 0.6) is 5.75 Å². The van der Waals surface area contributed by atoms with E-state index in [2.05, 4.69) is 17.3 Å². The number of nitrogens with one attached hydrogen (secondary N) is 1. The first kappa shape index (κ1) is 22.7. The largest absolute Gasteiger partial charge is 0.492 e. The Morgan fingerprint density at radius 3 is 2.73 bits per heavy atom. The van der Waals surface area contributed by atoms with Gasteiger partial charge in [-0.25, -0.2) is 0 Å². The van der Waals surface area contributed by atoms with Gasteiger partial charge in [-0.2, -0.15) is 0 Å². The molecule has 30 heavy (non-hydrogen) atoms. The van der Waals surface area contributed by atoms with Crippen molar-refractivity contribution >= 4 is 17.7 Å². The van der Waals surface area contributed by atoms with Gasteiger partial charge in [-0.1, -0.05) is 30.3 Å². The van der Waals surface area contributed by atoms with Crippen molar-refractivity contribution in [2.24, 2.45) is 0 Å². The molecule has 0 bridgehead atoms. The van der Waals surface area contributed by atoms with E-state index in [4.69, 9.17) is 9.47 Å². The third kappa shape index (κ3) is 7.35. The highest BCUT2D eigenvalue weighted by Gasteiger charge is 2.18. The number of ether oxygens (including phenoxy) is 2. The predicted octanol–water partition coefficient (Wildman–Crippen LogP) is 3.97. The summed E-state index contributed by atoms with van der Waals surface area (Å²) in [7, 11) is 2.15. The van der Waals surface area contributed by atoms with Gasteiger partial charge >= 0.3 is 0 Å². The summed E-state index contributed by atoms with van der Waals surface area (Å²) in [5.74, 6) is 0.877. The number of nitrogens with zero attached hydrogens (tertiary/aromatic N) is 1. The molecule has 1 amide bonds. The summed E-state index contributed by atoms with van der Waals surface area (Å²) in [5, 5.41) is 2.88. The number of amides is 1. The molecule has 1 heterocycles. The number of thioether (sulfide) groups is 1. The maximum Gasteiger partial charge on any atom is 0.233 e. The second-order valence-corrected chi connectivity index (χ2v) is 9.03. The van der Waals surface area contributed by atoms with E-state index in [9.17, 15) is 4.79 Å². The first-order valence-electron chi connectivity index (χ1n) is 10.6. The zero-order chi connectivity index (χ0) is 21.2. The highest BCUT2D eigenvalue weighted by molar-refractivity contribution is 8.00. The summed E-state index contributed by atoms with van der Waals surface area (Å²) >= 11 is 1.57. The zero-order valence-corrected chi connectivity index (χ0v) is 18.7. The van der Waals surface area contributed by atoms with Crippen LogP contribution in [-0.4, -0.2) is 55.5 Å². The Morgan fingerprint density at radius 1 is 1.20 bits per heavy atom. The maximum absolute atomic E-state index is 12.4.